The van der Waals surface area contributed by atoms with Gasteiger partial charge in [0.25, 0.3) is 0 Å². The van der Waals surface area contributed by atoms with Crippen molar-refractivity contribution in [3.63, 3.8) is 0 Å². The van der Waals surface area contributed by atoms with E-state index in [1.54, 1.807) is 12.1 Å². The molecule has 0 saturated heterocycles. The number of benzene rings is 2. The molecule has 0 radical (unpaired) electrons. The number of hydrogen-bond acceptors (Lipinski definition) is 4. The zero-order valence-corrected chi connectivity index (χ0v) is 12.7. The molecule has 3 N–H and O–H groups in total. The third kappa shape index (κ3) is 4.13. The van der Waals surface area contributed by atoms with Crippen LogP contribution in [0.4, 0.5) is 5.69 Å². The molecule has 112 valence electrons. The van der Waals surface area contributed by atoms with E-state index >= 15 is 0 Å². The van der Waals surface area contributed by atoms with E-state index in [2.05, 4.69) is 22.3 Å². The molecule has 0 aromatic heterocycles. The van der Waals surface area contributed by atoms with Crippen LogP contribution in [-0.4, -0.2) is 29.2 Å². The largest absolute Gasteiger partial charge is 0.508 e. The van der Waals surface area contributed by atoms with E-state index in [0.29, 0.717) is 0 Å². The van der Waals surface area contributed by atoms with Gasteiger partial charge in [0.2, 0.25) is 0 Å². The van der Waals surface area contributed by atoms with E-state index in [9.17, 15) is 10.2 Å². The molecule has 1 unspecified atom stereocenters. The SMILES string of the molecule is CC(Nc1cccc(CN(C)C)c1)c1ccc(O)cc1O. The molecule has 0 spiro atoms. The molecule has 0 aliphatic carbocycles. The molecule has 4 nitrogen and oxygen atoms in total. The van der Waals surface area contributed by atoms with Gasteiger partial charge in [-0.2, -0.15) is 0 Å². The molecule has 0 saturated carbocycles. The van der Waals surface area contributed by atoms with Gasteiger partial charge in [-0.1, -0.05) is 12.1 Å². The van der Waals surface area contributed by atoms with Gasteiger partial charge in [-0.15, -0.1) is 0 Å². The van der Waals surface area contributed by atoms with Crippen molar-refractivity contribution < 1.29 is 10.2 Å². The van der Waals surface area contributed by atoms with Gasteiger partial charge >= 0.3 is 0 Å². The van der Waals surface area contributed by atoms with Gasteiger partial charge in [-0.25, -0.2) is 0 Å². The van der Waals surface area contributed by atoms with E-state index in [1.807, 2.05) is 33.2 Å². The van der Waals surface area contributed by atoms with Crippen LogP contribution in [0.5, 0.6) is 11.5 Å². The summed E-state index contributed by atoms with van der Waals surface area (Å²) in [6, 6.07) is 12.8. The van der Waals surface area contributed by atoms with Gasteiger partial charge in [0, 0.05) is 23.9 Å². The summed E-state index contributed by atoms with van der Waals surface area (Å²) in [6.07, 6.45) is 0. The third-order valence-corrected chi connectivity index (χ3v) is 3.29. The lowest BCUT2D eigenvalue weighted by atomic mass is 10.1. The molecule has 0 bridgehead atoms. The Kier molecular flexibility index (Phi) is 4.70. The predicted octanol–water partition coefficient (Wildman–Crippen LogP) is 3.33. The fourth-order valence-electron chi connectivity index (χ4n) is 2.35. The van der Waals surface area contributed by atoms with Crippen molar-refractivity contribution in [3.8, 4) is 11.5 Å². The summed E-state index contributed by atoms with van der Waals surface area (Å²) in [5.41, 5.74) is 2.99. The second kappa shape index (κ2) is 6.50. The van der Waals surface area contributed by atoms with Gasteiger partial charge in [0.1, 0.15) is 11.5 Å². The van der Waals surface area contributed by atoms with Crippen molar-refractivity contribution >= 4 is 5.69 Å². The highest BCUT2D eigenvalue weighted by Gasteiger charge is 2.11. The molecule has 2 rings (SSSR count). The molecular formula is C17H22N2O2. The van der Waals surface area contributed by atoms with Gasteiger partial charge in [0.05, 0.1) is 6.04 Å². The number of rotatable bonds is 5. The van der Waals surface area contributed by atoms with Crippen molar-refractivity contribution in [2.75, 3.05) is 19.4 Å². The van der Waals surface area contributed by atoms with Crippen molar-refractivity contribution in [2.45, 2.75) is 19.5 Å². The molecule has 0 aliphatic heterocycles. The molecule has 2 aromatic carbocycles. The minimum Gasteiger partial charge on any atom is -0.508 e. The number of anilines is 1. The Bertz CT molecular complexity index is 611. The van der Waals surface area contributed by atoms with Crippen LogP contribution in [0.3, 0.4) is 0 Å². The maximum Gasteiger partial charge on any atom is 0.124 e. The maximum atomic E-state index is 9.91. The average Bonchev–Trinajstić information content (AvgIpc) is 2.37. The Morgan fingerprint density at radius 1 is 1.10 bits per heavy atom. The van der Waals surface area contributed by atoms with Crippen LogP contribution in [0.15, 0.2) is 42.5 Å². The topological polar surface area (TPSA) is 55.7 Å². The molecular weight excluding hydrogens is 264 g/mol. The van der Waals surface area contributed by atoms with E-state index < -0.39 is 0 Å². The van der Waals surface area contributed by atoms with Crippen molar-refractivity contribution in [3.05, 3.63) is 53.6 Å². The summed E-state index contributed by atoms with van der Waals surface area (Å²) in [5.74, 6) is 0.163. The van der Waals surface area contributed by atoms with Crippen LogP contribution in [-0.2, 0) is 6.54 Å². The summed E-state index contributed by atoms with van der Waals surface area (Å²) in [7, 11) is 4.08. The van der Waals surface area contributed by atoms with E-state index in [-0.39, 0.29) is 17.5 Å². The van der Waals surface area contributed by atoms with Crippen LogP contribution >= 0.6 is 0 Å². The number of nitrogens with one attached hydrogen (secondary N) is 1. The normalized spacial score (nSPS) is 12.4. The minimum absolute atomic E-state index is 0.0554. The zero-order valence-electron chi connectivity index (χ0n) is 12.7. The van der Waals surface area contributed by atoms with Crippen LogP contribution in [0, 0.1) is 0 Å². The molecule has 2 aromatic rings. The Labute approximate surface area is 125 Å². The van der Waals surface area contributed by atoms with E-state index in [1.165, 1.54) is 11.6 Å². The summed E-state index contributed by atoms with van der Waals surface area (Å²) in [5, 5.41) is 22.6. The standard InChI is InChI=1S/C17H22N2O2/c1-12(16-8-7-15(20)10-17(16)21)18-14-6-4-5-13(9-14)11-19(2)3/h4-10,12,18,20-21H,11H2,1-3H3. The number of nitrogens with zero attached hydrogens (tertiary/aromatic N) is 1. The predicted molar refractivity (Wildman–Crippen MR) is 85.6 cm³/mol. The van der Waals surface area contributed by atoms with Crippen molar-refractivity contribution in [1.29, 1.82) is 0 Å². The lowest BCUT2D eigenvalue weighted by Gasteiger charge is -2.18. The number of phenols is 2. The molecule has 0 amide bonds. The molecule has 0 aliphatic rings. The van der Waals surface area contributed by atoms with Crippen LogP contribution in [0.25, 0.3) is 0 Å². The number of hydrogen-bond donors (Lipinski definition) is 3. The summed E-state index contributed by atoms with van der Waals surface area (Å²) < 4.78 is 0. The van der Waals surface area contributed by atoms with E-state index in [4.69, 9.17) is 0 Å². The monoisotopic (exact) mass is 286 g/mol. The minimum atomic E-state index is -0.0554. The molecule has 4 heteroatoms. The molecule has 0 heterocycles. The second-order valence-corrected chi connectivity index (χ2v) is 5.55. The van der Waals surface area contributed by atoms with Crippen molar-refractivity contribution in [1.82, 2.24) is 4.90 Å². The first-order chi connectivity index (χ1) is 9.95. The highest BCUT2D eigenvalue weighted by molar-refractivity contribution is 5.50. The highest BCUT2D eigenvalue weighted by Crippen LogP contribution is 2.30. The van der Waals surface area contributed by atoms with Crippen LogP contribution in [0.1, 0.15) is 24.1 Å². The maximum absolute atomic E-state index is 9.91. The van der Waals surface area contributed by atoms with Crippen molar-refractivity contribution in [2.24, 2.45) is 0 Å². The average molecular weight is 286 g/mol. The first-order valence-corrected chi connectivity index (χ1v) is 6.98. The number of phenolic OH excluding ortho intramolecular Hbond substituents is 2. The Morgan fingerprint density at radius 2 is 1.86 bits per heavy atom. The molecule has 21 heavy (non-hydrogen) atoms. The van der Waals surface area contributed by atoms with Crippen LogP contribution < -0.4 is 5.32 Å². The van der Waals surface area contributed by atoms with Crippen LogP contribution in [0.2, 0.25) is 0 Å². The Morgan fingerprint density at radius 3 is 2.52 bits per heavy atom. The lowest BCUT2D eigenvalue weighted by molar-refractivity contribution is 0.402. The fourth-order valence-corrected chi connectivity index (χ4v) is 2.35. The first-order valence-electron chi connectivity index (χ1n) is 6.98. The summed E-state index contributed by atoms with van der Waals surface area (Å²) in [6.45, 7) is 2.86. The quantitative estimate of drug-likeness (QED) is 0.789. The second-order valence-electron chi connectivity index (χ2n) is 5.55. The molecule has 1 atom stereocenters. The van der Waals surface area contributed by atoms with E-state index in [0.717, 1.165) is 17.8 Å². The third-order valence-electron chi connectivity index (χ3n) is 3.29. The Hall–Kier alpha value is -2.20. The lowest BCUT2D eigenvalue weighted by Crippen LogP contribution is -2.11. The van der Waals surface area contributed by atoms with Gasteiger partial charge < -0.3 is 20.4 Å². The summed E-state index contributed by atoms with van der Waals surface area (Å²) >= 11 is 0. The van der Waals surface area contributed by atoms with Gasteiger partial charge in [-0.05, 0) is 50.8 Å². The zero-order chi connectivity index (χ0) is 15.4. The number of aromatic hydroxyl groups is 2. The highest BCUT2D eigenvalue weighted by atomic mass is 16.3. The molecule has 0 fully saturated rings. The van der Waals surface area contributed by atoms with Gasteiger partial charge in [0.15, 0.2) is 0 Å². The Balaban J connectivity index is 2.13. The smallest absolute Gasteiger partial charge is 0.124 e. The summed E-state index contributed by atoms with van der Waals surface area (Å²) in [4.78, 5) is 2.12. The fraction of sp³-hybridized carbons (Fsp3) is 0.294. The first kappa shape index (κ1) is 15.2. The van der Waals surface area contributed by atoms with Gasteiger partial charge in [-0.3, -0.25) is 0 Å².